The van der Waals surface area contributed by atoms with Crippen molar-refractivity contribution in [3.8, 4) is 17.2 Å². The minimum Gasteiger partial charge on any atom is -0.510 e. The first kappa shape index (κ1) is 83.7. The number of benzene rings is 3. The minimum atomic E-state index is -3.68. The molecule has 0 unspecified atom stereocenters. The Hall–Kier alpha value is -10.6. The van der Waals surface area contributed by atoms with Crippen molar-refractivity contribution in [2.75, 3.05) is 138 Å². The summed E-state index contributed by atoms with van der Waals surface area (Å²) in [4.78, 5) is 163. The quantitative estimate of drug-likeness (QED) is 0.0460. The zero-order valence-electron chi connectivity index (χ0n) is 68.5. The van der Waals surface area contributed by atoms with E-state index < -0.39 is 257 Å². The average Bonchev–Trinajstić information content (AvgIpc) is 0.692. The molecule has 0 aromatic heterocycles. The number of fused-ring (bicyclic) bond motifs is 9. The number of amides is 3. The van der Waals surface area contributed by atoms with Gasteiger partial charge in [0, 0.05) is 194 Å². The number of phenols is 3. The predicted octanol–water partition coefficient (Wildman–Crippen LogP) is 1.59. The summed E-state index contributed by atoms with van der Waals surface area (Å²) in [5, 5.41) is 131. The molecule has 34 nitrogen and oxygen atoms in total. The Bertz CT molecular complexity index is 5480. The molecule has 17 rings (SSSR count). The lowest BCUT2D eigenvalue weighted by Crippen LogP contribution is -2.67. The number of likely N-dealkylation sites (tertiary alicyclic amines) is 3. The van der Waals surface area contributed by atoms with Gasteiger partial charge in [0.05, 0.1) is 49.0 Å². The fraction of sp³-hybridized carbons (Fsp3) is 0.536. The molecule has 0 radical (unpaired) electrons. The number of hydrogen-bond acceptors (Lipinski definition) is 31. The van der Waals surface area contributed by atoms with Crippen LogP contribution in [0.15, 0.2) is 86.2 Å². The maximum absolute atomic E-state index is 16.6. The van der Waals surface area contributed by atoms with Crippen molar-refractivity contribution in [1.29, 1.82) is 0 Å². The average molecular weight is 1700 g/mol. The number of phenolic OH excluding ortho intramolecular Hbond substituents is 3. The number of rotatable bonds is 19. The molecular weight excluding hydrogens is 1600 g/mol. The van der Waals surface area contributed by atoms with Crippen molar-refractivity contribution >= 4 is 69.5 Å². The number of ketones is 6. The summed E-state index contributed by atoms with van der Waals surface area (Å²) in [5.41, 5.74) is 1.64. The Morgan fingerprint density at radius 2 is 0.762 bits per heavy atom. The highest BCUT2D eigenvalue weighted by Gasteiger charge is 2.71. The molecule has 1 saturated carbocycles. The molecule has 12 atom stereocenters. The number of alkyl halides is 4. The van der Waals surface area contributed by atoms with Gasteiger partial charge < -0.3 is 97.4 Å². The first-order valence-corrected chi connectivity index (χ1v) is 40.2. The molecule has 3 amide bonds. The third-order valence-corrected chi connectivity index (χ3v) is 28.3. The predicted molar refractivity (Wildman–Crippen MR) is 420 cm³/mol. The van der Waals surface area contributed by atoms with E-state index in [0.717, 1.165) is 14.1 Å². The fourth-order valence-electron chi connectivity index (χ4n) is 23.2. The van der Waals surface area contributed by atoms with E-state index in [1.54, 1.807) is 69.1 Å². The van der Waals surface area contributed by atoms with Gasteiger partial charge in [0.15, 0.2) is 45.7 Å². The van der Waals surface area contributed by atoms with Crippen LogP contribution in [0.25, 0.3) is 0 Å². The summed E-state index contributed by atoms with van der Waals surface area (Å²) < 4.78 is 62.6. The first-order chi connectivity index (χ1) is 57.0. The molecule has 4 aliphatic heterocycles. The highest BCUT2D eigenvalue weighted by Crippen LogP contribution is 2.62. The summed E-state index contributed by atoms with van der Waals surface area (Å²) >= 11 is 0. The van der Waals surface area contributed by atoms with E-state index in [-0.39, 0.29) is 121 Å². The van der Waals surface area contributed by atoms with Gasteiger partial charge in [-0.1, -0.05) is 0 Å². The lowest BCUT2D eigenvalue weighted by atomic mass is 9.58. The molecule has 0 bridgehead atoms. The second-order valence-electron chi connectivity index (χ2n) is 37.1. The topological polar surface area (TPSA) is 491 Å². The largest absolute Gasteiger partial charge is 0.510 e. The Morgan fingerprint density at radius 3 is 1.08 bits per heavy atom. The van der Waals surface area contributed by atoms with E-state index in [1.165, 1.54) is 30.0 Å². The van der Waals surface area contributed by atoms with Crippen molar-refractivity contribution < 1.29 is 126 Å². The van der Waals surface area contributed by atoms with Crippen LogP contribution >= 0.6 is 0 Å². The lowest BCUT2D eigenvalue weighted by molar-refractivity contribution is -0.225. The number of aliphatic hydroxyl groups excluding tert-OH is 4. The zero-order valence-corrected chi connectivity index (χ0v) is 68.5. The van der Waals surface area contributed by atoms with Gasteiger partial charge in [-0.3, -0.25) is 62.8 Å². The van der Waals surface area contributed by atoms with Crippen LogP contribution in [-0.4, -0.2) is 303 Å². The van der Waals surface area contributed by atoms with E-state index in [4.69, 9.17) is 31.6 Å². The number of hydrogen-bond donors (Lipinski definition) is 13. The van der Waals surface area contributed by atoms with Crippen LogP contribution in [0, 0.1) is 46.3 Å². The molecule has 652 valence electrons. The molecule has 5 fully saturated rings. The van der Waals surface area contributed by atoms with Gasteiger partial charge in [-0.25, -0.2) is 17.6 Å². The molecule has 2 spiro atoms. The molecule has 38 heteroatoms. The van der Waals surface area contributed by atoms with Gasteiger partial charge in [0.25, 0.3) is 23.6 Å². The Kier molecular flexibility index (Phi) is 19.0. The maximum Gasteiger partial charge on any atom is 0.272 e. The molecule has 14 aliphatic rings. The van der Waals surface area contributed by atoms with Crippen LogP contribution in [0.3, 0.4) is 0 Å². The minimum absolute atomic E-state index is 0.0167. The number of carbonyl (C=O) groups excluding carboxylic acids is 9. The monoisotopic (exact) mass is 1700 g/mol. The summed E-state index contributed by atoms with van der Waals surface area (Å²) in [5.74, 6) is -38.3. The lowest BCUT2D eigenvalue weighted by Gasteiger charge is -2.58. The Labute approximate surface area is 695 Å². The molecule has 10 aliphatic carbocycles. The van der Waals surface area contributed by atoms with Crippen LogP contribution in [0.1, 0.15) is 96.6 Å². The van der Waals surface area contributed by atoms with Gasteiger partial charge >= 0.3 is 0 Å². The summed E-state index contributed by atoms with van der Waals surface area (Å²) in [6, 6.07) is -1.31. The molecule has 122 heavy (non-hydrogen) atoms. The second kappa shape index (κ2) is 27.7. The highest BCUT2D eigenvalue weighted by molar-refractivity contribution is 6.27. The molecule has 3 aromatic carbocycles. The number of halogens is 4. The third-order valence-electron chi connectivity index (χ3n) is 28.3. The van der Waals surface area contributed by atoms with E-state index in [1.807, 2.05) is 9.80 Å². The SMILES string of the molecule is CN(C)c1cc(CN2CC3(C2)CC(F)(F)C3)c(O)c2c1C[C@H]1C[C@H]3[C@H](N(C)C)C(O)=C(C(N)=O)C(=O)[C@@]3(O)C(ON(C)[C@@H]3C(O)=C(C(N)=O)C(=O)[C@@]4(O)C(ON(C)[C@@H]5C(O)=C(C(N)=O)C(=O)[C@@]6(O)C(O)=C7C(=O)c8c(O)c(CN9CC(F)(F)C9)cc(N(C)C)c8C[C@H]7C[C@@H]56)=C5C(=O)c6c(O)c(CN7CC8(COC8)C7)cc(N(C)C)c6C[C@H]5C[C@@H]34)=C1C2=O. The Morgan fingerprint density at radius 1 is 0.451 bits per heavy atom. The normalized spacial score (nSPS) is 30.9. The summed E-state index contributed by atoms with van der Waals surface area (Å²) in [6.45, 7) is 0.882. The molecular formula is C84H96F4N12O22. The standard InChI is InChI=1S/C84H96F4N12O22/c1-92(2)45-19-38(22-100-29-81(87,88)30-100)60(101)51-39(45)11-33-14-43-58(67(108)55(76(90)115)70(111)82(43,117)69(110)48(33)63(51)104)96(9)122-74-50-35(13-41-47(94(5)6)18-37(62(103)53(41)65(50)106)21-99-27-79(28-99)31-120-32-79)16-44-59(68(109)56(77(91)116)72(113)84(44,74)119)97(10)121-73-49-34(15-42-57(95(7)8)66(107)54(75(89)114)71(112)83(42,73)118)12-40-46(93(3)4)17-36(61(102)52(40)64(49)105)20-98-25-78(26-98)23-80(85,86)24-78/h17-19,33-35,42-44,57-59,101-103,107-110,117-119H,11-16,20-32H2,1-10H3,(H2,89,114)(H2,90,115)(H2,91,116)/t33-,34-,35-,42-,43-,44-,57-,58-,59-,82-,83+,84+/m0/s1. The van der Waals surface area contributed by atoms with Crippen LogP contribution in [-0.2, 0) is 82.1 Å². The number of allylic oxidation sites excluding steroid dienone is 3. The van der Waals surface area contributed by atoms with E-state index in [0.29, 0.717) is 53.5 Å². The van der Waals surface area contributed by atoms with Crippen molar-refractivity contribution in [1.82, 2.24) is 29.7 Å². The molecule has 4 heterocycles. The number of Topliss-reactive ketones (excluding diaryl/α,β-unsaturated/α-hetero) is 6. The second-order valence-corrected chi connectivity index (χ2v) is 37.1. The number of carbonyl (C=O) groups is 9. The van der Waals surface area contributed by atoms with Gasteiger partial charge in [-0.05, 0) is 105 Å². The van der Waals surface area contributed by atoms with Gasteiger partial charge in [-0.15, -0.1) is 10.1 Å². The maximum atomic E-state index is 16.6. The number of aromatic hydroxyl groups is 3. The van der Waals surface area contributed by atoms with Gasteiger partial charge in [0.2, 0.25) is 23.3 Å². The number of nitrogens with two attached hydrogens (primary N) is 3. The number of nitrogens with zero attached hydrogens (tertiary/aromatic N) is 9. The first-order valence-electron chi connectivity index (χ1n) is 40.2. The molecule has 16 N–H and O–H groups in total. The van der Waals surface area contributed by atoms with Crippen LogP contribution in [0.5, 0.6) is 17.2 Å². The number of anilines is 3. The summed E-state index contributed by atoms with van der Waals surface area (Å²) in [6.07, 6.45) is -3.32. The van der Waals surface area contributed by atoms with Crippen molar-refractivity contribution in [2.24, 2.45) is 63.5 Å². The molecule has 3 aromatic rings. The van der Waals surface area contributed by atoms with Gasteiger partial charge in [-0.2, -0.15) is 0 Å². The zero-order chi connectivity index (χ0) is 88.4. The van der Waals surface area contributed by atoms with Crippen molar-refractivity contribution in [3.05, 3.63) is 136 Å². The number of ether oxygens (including phenoxy) is 1. The van der Waals surface area contributed by atoms with E-state index >= 15 is 28.8 Å². The molecule has 4 saturated heterocycles. The smallest absolute Gasteiger partial charge is 0.272 e. The number of hydroxylamine groups is 4. The third kappa shape index (κ3) is 11.9. The van der Waals surface area contributed by atoms with Crippen molar-refractivity contribution in [2.45, 2.75) is 118 Å². The van der Waals surface area contributed by atoms with E-state index in [9.17, 15) is 83.0 Å². The number of primary amides is 3. The van der Waals surface area contributed by atoms with E-state index in [2.05, 4.69) is 0 Å². The van der Waals surface area contributed by atoms with Crippen LogP contribution in [0.2, 0.25) is 0 Å². The Balaban J connectivity index is 0.824. The summed E-state index contributed by atoms with van der Waals surface area (Å²) in [7, 11) is 14.7. The highest BCUT2D eigenvalue weighted by atomic mass is 19.3. The fourth-order valence-corrected chi connectivity index (χ4v) is 23.2. The van der Waals surface area contributed by atoms with Crippen LogP contribution < -0.4 is 31.9 Å². The number of likely N-dealkylation sites (N-methyl/N-ethyl adjacent to an activating group) is 3. The van der Waals surface area contributed by atoms with Gasteiger partial charge in [0.1, 0.15) is 69.1 Å². The van der Waals surface area contributed by atoms with Crippen molar-refractivity contribution in [3.63, 3.8) is 0 Å². The number of aliphatic hydroxyl groups is 7. The van der Waals surface area contributed by atoms with Crippen LogP contribution in [0.4, 0.5) is 34.6 Å².